The highest BCUT2D eigenvalue weighted by molar-refractivity contribution is 8.00. The molecule has 2 N–H and O–H groups in total. The van der Waals surface area contributed by atoms with Crippen molar-refractivity contribution in [2.45, 2.75) is 36.1 Å². The molecule has 2 aromatic carbocycles. The van der Waals surface area contributed by atoms with Crippen LogP contribution in [0.1, 0.15) is 23.5 Å². The Kier molecular flexibility index (Phi) is 5.79. The SMILES string of the molecule is O=C(NC1CC1c1c(F)cccc1Cl)C1CSC(Cc2ccccc2F)C(=O)N1. The Bertz CT molecular complexity index is 938. The van der Waals surface area contributed by atoms with Crippen LogP contribution in [0, 0.1) is 11.6 Å². The summed E-state index contributed by atoms with van der Waals surface area (Å²) < 4.78 is 27.8. The summed E-state index contributed by atoms with van der Waals surface area (Å²) in [6.45, 7) is 0. The van der Waals surface area contributed by atoms with Crippen LogP contribution in [0.4, 0.5) is 8.78 Å². The predicted molar refractivity (Wildman–Crippen MR) is 109 cm³/mol. The molecule has 0 radical (unpaired) electrons. The number of carbonyl (C=O) groups is 2. The lowest BCUT2D eigenvalue weighted by molar-refractivity contribution is -0.128. The van der Waals surface area contributed by atoms with E-state index in [1.54, 1.807) is 30.3 Å². The van der Waals surface area contributed by atoms with E-state index in [0.29, 0.717) is 28.3 Å². The molecule has 4 rings (SSSR count). The van der Waals surface area contributed by atoms with Crippen molar-refractivity contribution in [3.8, 4) is 0 Å². The monoisotopic (exact) mass is 436 g/mol. The van der Waals surface area contributed by atoms with Crippen LogP contribution in [0.3, 0.4) is 0 Å². The van der Waals surface area contributed by atoms with Gasteiger partial charge in [-0.15, -0.1) is 11.8 Å². The number of rotatable bonds is 5. The number of nitrogens with one attached hydrogen (secondary N) is 2. The van der Waals surface area contributed by atoms with Crippen LogP contribution in [0.15, 0.2) is 42.5 Å². The summed E-state index contributed by atoms with van der Waals surface area (Å²) in [5, 5.41) is 5.50. The molecule has 4 unspecified atom stereocenters. The van der Waals surface area contributed by atoms with Crippen molar-refractivity contribution >= 4 is 35.2 Å². The number of benzene rings is 2. The molecule has 8 heteroatoms. The van der Waals surface area contributed by atoms with E-state index >= 15 is 0 Å². The zero-order chi connectivity index (χ0) is 20.5. The summed E-state index contributed by atoms with van der Waals surface area (Å²) >= 11 is 7.43. The van der Waals surface area contributed by atoms with Crippen molar-refractivity contribution in [1.29, 1.82) is 0 Å². The summed E-state index contributed by atoms with van der Waals surface area (Å²) in [5.41, 5.74) is 0.900. The van der Waals surface area contributed by atoms with Crippen LogP contribution in [0.25, 0.3) is 0 Å². The number of hydrogen-bond donors (Lipinski definition) is 2. The van der Waals surface area contributed by atoms with Crippen LogP contribution in [-0.2, 0) is 16.0 Å². The predicted octanol–water partition coefficient (Wildman–Crippen LogP) is 3.43. The lowest BCUT2D eigenvalue weighted by Crippen LogP contribution is -2.55. The van der Waals surface area contributed by atoms with Gasteiger partial charge in [0.05, 0.1) is 5.25 Å². The number of thioether (sulfide) groups is 1. The van der Waals surface area contributed by atoms with Crippen molar-refractivity contribution in [3.05, 3.63) is 70.2 Å². The van der Waals surface area contributed by atoms with Crippen LogP contribution in [0.5, 0.6) is 0 Å². The molecule has 152 valence electrons. The molecule has 1 saturated carbocycles. The zero-order valence-corrected chi connectivity index (χ0v) is 16.9. The van der Waals surface area contributed by atoms with E-state index in [2.05, 4.69) is 10.6 Å². The standard InChI is InChI=1S/C21H19ClF2N2O2S/c22-13-5-3-7-15(24)19(13)12-9-16(12)25-20(27)17-10-29-18(21(28)26-17)8-11-4-1-2-6-14(11)23/h1-7,12,16-18H,8-10H2,(H,25,27)(H,26,28). The quantitative estimate of drug-likeness (QED) is 0.755. The number of halogens is 3. The van der Waals surface area contributed by atoms with E-state index in [9.17, 15) is 18.4 Å². The number of carbonyl (C=O) groups excluding carboxylic acids is 2. The van der Waals surface area contributed by atoms with Crippen LogP contribution < -0.4 is 10.6 Å². The fourth-order valence-corrected chi connectivity index (χ4v) is 5.05. The Labute approximate surface area is 176 Å². The van der Waals surface area contributed by atoms with Crippen LogP contribution in [-0.4, -0.2) is 34.9 Å². The Morgan fingerprint density at radius 2 is 1.93 bits per heavy atom. The summed E-state index contributed by atoms with van der Waals surface area (Å²) in [5.74, 6) is -1.06. The van der Waals surface area contributed by atoms with Crippen LogP contribution in [0.2, 0.25) is 5.02 Å². The Hall–Kier alpha value is -2.12. The molecular formula is C21H19ClF2N2O2S. The first-order valence-electron chi connectivity index (χ1n) is 9.33. The van der Waals surface area contributed by atoms with Gasteiger partial charge in [0.1, 0.15) is 17.7 Å². The minimum absolute atomic E-state index is 0.159. The molecule has 4 nitrogen and oxygen atoms in total. The normalized spacial score (nSPS) is 26.0. The highest BCUT2D eigenvalue weighted by atomic mass is 35.5. The van der Waals surface area contributed by atoms with E-state index in [1.807, 2.05) is 0 Å². The van der Waals surface area contributed by atoms with Gasteiger partial charge in [0, 0.05) is 28.3 Å². The first-order chi connectivity index (χ1) is 13.9. The van der Waals surface area contributed by atoms with Gasteiger partial charge in [0.15, 0.2) is 0 Å². The van der Waals surface area contributed by atoms with Gasteiger partial charge in [0.25, 0.3) is 0 Å². The van der Waals surface area contributed by atoms with Crippen molar-refractivity contribution in [3.63, 3.8) is 0 Å². The van der Waals surface area contributed by atoms with E-state index < -0.39 is 11.3 Å². The molecule has 2 aliphatic rings. The second-order valence-corrected chi connectivity index (χ2v) is 8.91. The summed E-state index contributed by atoms with van der Waals surface area (Å²) in [6, 6.07) is 10.0. The zero-order valence-electron chi connectivity index (χ0n) is 15.3. The van der Waals surface area contributed by atoms with Crippen molar-refractivity contribution < 1.29 is 18.4 Å². The minimum atomic E-state index is -0.665. The molecule has 0 spiro atoms. The molecule has 1 aliphatic carbocycles. The lowest BCUT2D eigenvalue weighted by Gasteiger charge is -2.28. The van der Waals surface area contributed by atoms with Gasteiger partial charge in [-0.3, -0.25) is 9.59 Å². The number of amides is 2. The average Bonchev–Trinajstić information content (AvgIpc) is 3.43. The van der Waals surface area contributed by atoms with E-state index in [0.717, 1.165) is 0 Å². The van der Waals surface area contributed by atoms with Gasteiger partial charge in [-0.25, -0.2) is 8.78 Å². The summed E-state index contributed by atoms with van der Waals surface area (Å²) in [7, 11) is 0. The first kappa shape index (κ1) is 20.2. The fraction of sp³-hybridized carbons (Fsp3) is 0.333. The molecule has 1 heterocycles. The van der Waals surface area contributed by atoms with E-state index in [4.69, 9.17) is 11.6 Å². The highest BCUT2D eigenvalue weighted by Gasteiger charge is 2.44. The van der Waals surface area contributed by atoms with Gasteiger partial charge >= 0.3 is 0 Å². The molecular weight excluding hydrogens is 418 g/mol. The maximum Gasteiger partial charge on any atom is 0.243 e. The van der Waals surface area contributed by atoms with Crippen molar-refractivity contribution in [2.24, 2.45) is 0 Å². The first-order valence-corrected chi connectivity index (χ1v) is 10.8. The summed E-state index contributed by atoms with van der Waals surface area (Å²) in [4.78, 5) is 24.9. The van der Waals surface area contributed by atoms with E-state index in [1.165, 1.54) is 23.9 Å². The third-order valence-electron chi connectivity index (χ3n) is 5.24. The van der Waals surface area contributed by atoms with Gasteiger partial charge < -0.3 is 10.6 Å². The van der Waals surface area contributed by atoms with Gasteiger partial charge in [0.2, 0.25) is 11.8 Å². The third kappa shape index (κ3) is 4.41. The maximum absolute atomic E-state index is 14.0. The molecule has 1 aliphatic heterocycles. The smallest absolute Gasteiger partial charge is 0.243 e. The molecule has 1 saturated heterocycles. The maximum atomic E-state index is 14.0. The third-order valence-corrected chi connectivity index (χ3v) is 6.88. The summed E-state index contributed by atoms with van der Waals surface area (Å²) in [6.07, 6.45) is 0.879. The van der Waals surface area contributed by atoms with E-state index in [-0.39, 0.29) is 41.8 Å². The Morgan fingerprint density at radius 3 is 2.66 bits per heavy atom. The Balaban J connectivity index is 1.31. The molecule has 29 heavy (non-hydrogen) atoms. The average molecular weight is 437 g/mol. The number of hydrogen-bond acceptors (Lipinski definition) is 3. The lowest BCUT2D eigenvalue weighted by atomic mass is 10.1. The Morgan fingerprint density at radius 1 is 1.17 bits per heavy atom. The topological polar surface area (TPSA) is 58.2 Å². The molecule has 2 amide bonds. The largest absolute Gasteiger partial charge is 0.351 e. The molecule has 2 fully saturated rings. The highest BCUT2D eigenvalue weighted by Crippen LogP contribution is 2.45. The van der Waals surface area contributed by atoms with Crippen molar-refractivity contribution in [1.82, 2.24) is 10.6 Å². The van der Waals surface area contributed by atoms with Crippen LogP contribution >= 0.6 is 23.4 Å². The molecule has 0 bridgehead atoms. The van der Waals surface area contributed by atoms with Crippen molar-refractivity contribution in [2.75, 3.05) is 5.75 Å². The fourth-order valence-electron chi connectivity index (χ4n) is 3.57. The van der Waals surface area contributed by atoms with Gasteiger partial charge in [-0.2, -0.15) is 0 Å². The van der Waals surface area contributed by atoms with Gasteiger partial charge in [-0.1, -0.05) is 35.9 Å². The minimum Gasteiger partial charge on any atom is -0.351 e. The second-order valence-electron chi connectivity index (χ2n) is 7.27. The molecule has 4 atom stereocenters. The second kappa shape index (κ2) is 8.32. The molecule has 0 aromatic heterocycles. The molecule has 2 aromatic rings. The van der Waals surface area contributed by atoms with Gasteiger partial charge in [-0.05, 0) is 36.6 Å².